The van der Waals surface area contributed by atoms with Crippen molar-refractivity contribution in [3.8, 4) is 6.07 Å². The molecule has 2 aromatic heterocycles. The lowest BCUT2D eigenvalue weighted by Gasteiger charge is -2.33. The van der Waals surface area contributed by atoms with Crippen LogP contribution in [0, 0.1) is 11.3 Å². The average Bonchev–Trinajstić information content (AvgIpc) is 3.00. The summed E-state index contributed by atoms with van der Waals surface area (Å²) in [5, 5.41) is 11.9. The topological polar surface area (TPSA) is 94.4 Å². The Kier molecular flexibility index (Phi) is 3.56. The molecule has 2 amide bonds. The van der Waals surface area contributed by atoms with Gasteiger partial charge >= 0.3 is 6.03 Å². The number of amides is 2. The van der Waals surface area contributed by atoms with E-state index in [1.807, 2.05) is 6.07 Å². The zero-order valence-electron chi connectivity index (χ0n) is 11.2. The number of fused-ring (bicyclic) bond motifs is 1. The van der Waals surface area contributed by atoms with Crippen molar-refractivity contribution in [1.29, 1.82) is 5.26 Å². The number of carbonyl (C=O) groups is 1. The number of nitriles is 1. The summed E-state index contributed by atoms with van der Waals surface area (Å²) >= 11 is 1.18. The summed E-state index contributed by atoms with van der Waals surface area (Å²) in [6.45, 7) is -0.326. The number of pyridine rings is 1. The summed E-state index contributed by atoms with van der Waals surface area (Å²) in [5.41, 5.74) is 0.856. The van der Waals surface area contributed by atoms with Gasteiger partial charge in [0.15, 0.2) is 0 Å². The Labute approximate surface area is 131 Å². The molecule has 0 aromatic carbocycles. The number of aromatic nitrogens is 1. The van der Waals surface area contributed by atoms with Crippen LogP contribution in [-0.2, 0) is 16.6 Å². The van der Waals surface area contributed by atoms with E-state index >= 15 is 0 Å². The van der Waals surface area contributed by atoms with Gasteiger partial charge in [-0.1, -0.05) is 6.07 Å². The van der Waals surface area contributed by atoms with Gasteiger partial charge < -0.3 is 0 Å². The van der Waals surface area contributed by atoms with E-state index in [0.717, 1.165) is 4.31 Å². The first-order chi connectivity index (χ1) is 10.6. The molecule has 0 aliphatic carbocycles. The molecule has 7 nitrogen and oxygen atoms in total. The number of hydrogen-bond donors (Lipinski definition) is 0. The van der Waals surface area contributed by atoms with Crippen LogP contribution in [0.2, 0.25) is 0 Å². The van der Waals surface area contributed by atoms with Crippen molar-refractivity contribution < 1.29 is 13.2 Å². The van der Waals surface area contributed by atoms with E-state index in [-0.39, 0.29) is 23.7 Å². The molecule has 0 N–H and O–H groups in total. The molecule has 112 valence electrons. The lowest BCUT2D eigenvalue weighted by atomic mass is 10.3. The van der Waals surface area contributed by atoms with Gasteiger partial charge in [-0.3, -0.25) is 9.88 Å². The predicted molar refractivity (Wildman–Crippen MR) is 79.6 cm³/mol. The number of nitrogens with zero attached hydrogens (tertiary/aromatic N) is 4. The van der Waals surface area contributed by atoms with E-state index in [1.54, 1.807) is 23.7 Å². The van der Waals surface area contributed by atoms with Gasteiger partial charge in [0.2, 0.25) is 0 Å². The number of carbonyl (C=O) groups excluding carboxylic acids is 1. The lowest BCUT2D eigenvalue weighted by molar-refractivity contribution is 0.227. The number of hydrogen-bond acceptors (Lipinski definition) is 6. The van der Waals surface area contributed by atoms with E-state index in [9.17, 15) is 13.2 Å². The quantitative estimate of drug-likeness (QED) is 0.798. The van der Waals surface area contributed by atoms with Crippen molar-refractivity contribution >= 4 is 33.1 Å². The predicted octanol–water partition coefficient (Wildman–Crippen LogP) is 1.80. The highest BCUT2D eigenvalue weighted by atomic mass is 32.2. The van der Waals surface area contributed by atoms with Gasteiger partial charge in [-0.2, -0.15) is 5.26 Å². The van der Waals surface area contributed by atoms with Gasteiger partial charge in [-0.05, 0) is 11.6 Å². The molecule has 0 atom stereocenters. The van der Waals surface area contributed by atoms with Crippen LogP contribution in [0.3, 0.4) is 0 Å². The molecule has 3 heterocycles. The van der Waals surface area contributed by atoms with Gasteiger partial charge in [0.1, 0.15) is 11.4 Å². The van der Waals surface area contributed by atoms with Gasteiger partial charge in [0.05, 0.1) is 18.3 Å². The highest BCUT2D eigenvalue weighted by Crippen LogP contribution is 2.37. The summed E-state index contributed by atoms with van der Waals surface area (Å²) in [7, 11) is -3.92. The maximum Gasteiger partial charge on any atom is 0.339 e. The van der Waals surface area contributed by atoms with Crippen molar-refractivity contribution in [2.24, 2.45) is 0 Å². The molecule has 3 rings (SSSR count). The highest BCUT2D eigenvalue weighted by molar-refractivity contribution is 7.90. The largest absolute Gasteiger partial charge is 0.339 e. The highest BCUT2D eigenvalue weighted by Gasteiger charge is 2.42. The third-order valence-electron chi connectivity index (χ3n) is 3.19. The van der Waals surface area contributed by atoms with Gasteiger partial charge in [0.25, 0.3) is 10.0 Å². The van der Waals surface area contributed by atoms with E-state index in [0.29, 0.717) is 5.56 Å². The fourth-order valence-corrected chi connectivity index (χ4v) is 4.88. The third-order valence-corrected chi connectivity index (χ3v) is 5.82. The molecular weight excluding hydrogens is 324 g/mol. The molecule has 9 heteroatoms. The van der Waals surface area contributed by atoms with Gasteiger partial charge in [-0.25, -0.2) is 17.5 Å². The smallest absolute Gasteiger partial charge is 0.277 e. The Hall–Kier alpha value is -2.44. The van der Waals surface area contributed by atoms with Crippen molar-refractivity contribution in [2.75, 3.05) is 11.4 Å². The second-order valence-electron chi connectivity index (χ2n) is 4.52. The normalized spacial score (nSPS) is 16.2. The average molecular weight is 334 g/mol. The van der Waals surface area contributed by atoms with E-state index in [1.165, 1.54) is 27.8 Å². The van der Waals surface area contributed by atoms with E-state index < -0.39 is 16.1 Å². The van der Waals surface area contributed by atoms with Crippen LogP contribution >= 0.6 is 11.3 Å². The monoisotopic (exact) mass is 334 g/mol. The minimum atomic E-state index is -3.92. The van der Waals surface area contributed by atoms with Crippen molar-refractivity contribution in [3.63, 3.8) is 0 Å². The lowest BCUT2D eigenvalue weighted by Crippen LogP contribution is -2.50. The fraction of sp³-hybridized carbons (Fsp3) is 0.154. The second kappa shape index (κ2) is 5.40. The summed E-state index contributed by atoms with van der Waals surface area (Å²) in [5.74, 6) is 0. The molecule has 0 radical (unpaired) electrons. The molecule has 0 saturated carbocycles. The maximum absolute atomic E-state index is 12.6. The van der Waals surface area contributed by atoms with Crippen LogP contribution in [0.25, 0.3) is 0 Å². The number of sulfonamides is 1. The van der Waals surface area contributed by atoms with Gasteiger partial charge in [-0.15, -0.1) is 11.3 Å². The van der Waals surface area contributed by atoms with Gasteiger partial charge in [0, 0.05) is 23.2 Å². The third kappa shape index (κ3) is 2.22. The van der Waals surface area contributed by atoms with Crippen molar-refractivity contribution in [1.82, 2.24) is 9.29 Å². The Morgan fingerprint density at radius 1 is 1.36 bits per heavy atom. The maximum atomic E-state index is 12.6. The van der Waals surface area contributed by atoms with Crippen LogP contribution in [0.15, 0.2) is 40.2 Å². The summed E-state index contributed by atoms with van der Waals surface area (Å²) in [6.07, 6.45) is 3.07. The van der Waals surface area contributed by atoms with Crippen molar-refractivity contribution in [2.45, 2.75) is 11.4 Å². The molecule has 0 spiro atoms. The Bertz CT molecular complexity index is 855. The Morgan fingerprint density at radius 2 is 2.18 bits per heavy atom. The Morgan fingerprint density at radius 3 is 2.86 bits per heavy atom. The first-order valence-electron chi connectivity index (χ1n) is 6.22. The second-order valence-corrected chi connectivity index (χ2v) is 7.10. The number of thiophene rings is 1. The van der Waals surface area contributed by atoms with Crippen LogP contribution in [-0.4, -0.2) is 30.3 Å². The van der Waals surface area contributed by atoms with Crippen LogP contribution in [0.4, 0.5) is 10.5 Å². The van der Waals surface area contributed by atoms with E-state index in [2.05, 4.69) is 4.98 Å². The summed E-state index contributed by atoms with van der Waals surface area (Å²) in [4.78, 5) is 17.6. The van der Waals surface area contributed by atoms with Crippen molar-refractivity contribution in [3.05, 3.63) is 40.8 Å². The molecule has 2 aromatic rings. The SMILES string of the molecule is N#CCN1C(=O)N(Cc2cccnc2)S(=O)(=O)c2cscc21. The minimum absolute atomic E-state index is 0.0521. The molecular formula is C13H10N4O3S2. The molecule has 0 fully saturated rings. The molecule has 0 unspecified atom stereocenters. The molecule has 0 saturated heterocycles. The summed E-state index contributed by atoms with van der Waals surface area (Å²) in [6, 6.07) is 4.51. The first-order valence-corrected chi connectivity index (χ1v) is 8.60. The van der Waals surface area contributed by atoms with E-state index in [4.69, 9.17) is 5.26 Å². The molecule has 22 heavy (non-hydrogen) atoms. The standard InChI is InChI=1S/C13H10N4O3S2/c14-3-5-16-11-8-21-9-12(11)22(19,20)17(13(16)18)7-10-2-1-4-15-6-10/h1-2,4,6,8-9H,5,7H2. The molecule has 0 bridgehead atoms. The zero-order chi connectivity index (χ0) is 15.7. The fourth-order valence-electron chi connectivity index (χ4n) is 2.16. The molecule has 1 aliphatic rings. The number of rotatable bonds is 3. The van der Waals surface area contributed by atoms with Crippen LogP contribution in [0.5, 0.6) is 0 Å². The number of urea groups is 1. The Balaban J connectivity index is 2.07. The van der Waals surface area contributed by atoms with Crippen LogP contribution in [0.1, 0.15) is 5.56 Å². The molecule has 1 aliphatic heterocycles. The summed E-state index contributed by atoms with van der Waals surface area (Å²) < 4.78 is 26.0. The minimum Gasteiger partial charge on any atom is -0.277 e. The zero-order valence-corrected chi connectivity index (χ0v) is 12.8. The first kappa shape index (κ1) is 14.5. The number of anilines is 1. The van der Waals surface area contributed by atoms with Crippen LogP contribution < -0.4 is 4.90 Å².